The zero-order valence-corrected chi connectivity index (χ0v) is 15.0. The van der Waals surface area contributed by atoms with Crippen LogP contribution in [-0.4, -0.2) is 22.9 Å². The van der Waals surface area contributed by atoms with Crippen LogP contribution < -0.4 is 11.1 Å². The molecule has 3 N–H and O–H groups in total. The minimum Gasteiger partial charge on any atom is -0.399 e. The van der Waals surface area contributed by atoms with E-state index in [9.17, 15) is 4.79 Å². The maximum atomic E-state index is 12.3. The van der Waals surface area contributed by atoms with E-state index in [2.05, 4.69) is 36.2 Å². The standard InChI is InChI=1S/C21H27N3O/c1-15-4-3-5-16(2)24(15)14-17-6-12-20(13-7-17)23-21(25)18-8-10-19(22)11-9-18/h6-13,15-16H,3-5,14,22H2,1-2H3,(H,23,25). The van der Waals surface area contributed by atoms with E-state index in [4.69, 9.17) is 5.73 Å². The Morgan fingerprint density at radius 2 is 1.64 bits per heavy atom. The van der Waals surface area contributed by atoms with Gasteiger partial charge in [0.2, 0.25) is 0 Å². The molecule has 0 saturated carbocycles. The van der Waals surface area contributed by atoms with E-state index < -0.39 is 0 Å². The van der Waals surface area contributed by atoms with Crippen LogP contribution in [0.3, 0.4) is 0 Å². The molecule has 2 unspecified atom stereocenters. The Labute approximate surface area is 150 Å². The zero-order chi connectivity index (χ0) is 17.8. The molecule has 1 aliphatic heterocycles. The normalized spacial score (nSPS) is 21.0. The Hall–Kier alpha value is -2.33. The highest BCUT2D eigenvalue weighted by Gasteiger charge is 2.24. The van der Waals surface area contributed by atoms with Gasteiger partial charge >= 0.3 is 0 Å². The van der Waals surface area contributed by atoms with Gasteiger partial charge in [-0.1, -0.05) is 18.6 Å². The van der Waals surface area contributed by atoms with Gasteiger partial charge < -0.3 is 11.1 Å². The van der Waals surface area contributed by atoms with Crippen LogP contribution >= 0.6 is 0 Å². The fourth-order valence-electron chi connectivity index (χ4n) is 3.53. The number of nitrogens with two attached hydrogens (primary N) is 1. The van der Waals surface area contributed by atoms with Crippen molar-refractivity contribution in [2.24, 2.45) is 0 Å². The number of anilines is 2. The molecule has 0 bridgehead atoms. The van der Waals surface area contributed by atoms with Gasteiger partial charge in [0, 0.05) is 35.6 Å². The van der Waals surface area contributed by atoms with Crippen LogP contribution in [0.2, 0.25) is 0 Å². The number of rotatable bonds is 4. The van der Waals surface area contributed by atoms with Crippen LogP contribution in [0.4, 0.5) is 11.4 Å². The van der Waals surface area contributed by atoms with Gasteiger partial charge in [-0.2, -0.15) is 0 Å². The molecule has 0 spiro atoms. The number of nitrogens with zero attached hydrogens (tertiary/aromatic N) is 1. The lowest BCUT2D eigenvalue weighted by atomic mass is 9.97. The molecule has 1 fully saturated rings. The van der Waals surface area contributed by atoms with Gasteiger partial charge in [-0.05, 0) is 68.7 Å². The van der Waals surface area contributed by atoms with Crippen LogP contribution in [0.1, 0.15) is 49.0 Å². The number of carbonyl (C=O) groups is 1. The Kier molecular flexibility index (Phi) is 5.39. The third-order valence-electron chi connectivity index (χ3n) is 5.13. The average Bonchev–Trinajstić information content (AvgIpc) is 2.60. The minimum absolute atomic E-state index is 0.119. The van der Waals surface area contributed by atoms with Crippen molar-refractivity contribution >= 4 is 17.3 Å². The number of likely N-dealkylation sites (tertiary alicyclic amines) is 1. The molecule has 3 rings (SSSR count). The van der Waals surface area contributed by atoms with Gasteiger partial charge in [0.1, 0.15) is 0 Å². The topological polar surface area (TPSA) is 58.4 Å². The number of nitrogens with one attached hydrogen (secondary N) is 1. The summed E-state index contributed by atoms with van der Waals surface area (Å²) >= 11 is 0. The predicted octanol–water partition coefficient (Wildman–Crippen LogP) is 4.28. The Morgan fingerprint density at radius 3 is 2.24 bits per heavy atom. The molecule has 0 aliphatic carbocycles. The van der Waals surface area contributed by atoms with Crippen LogP contribution in [0.15, 0.2) is 48.5 Å². The van der Waals surface area contributed by atoms with Gasteiger partial charge in [-0.15, -0.1) is 0 Å². The Balaban J connectivity index is 1.62. The SMILES string of the molecule is CC1CCCC(C)N1Cc1ccc(NC(=O)c2ccc(N)cc2)cc1. The quantitative estimate of drug-likeness (QED) is 0.819. The lowest BCUT2D eigenvalue weighted by Gasteiger charge is -2.39. The fraction of sp³-hybridized carbons (Fsp3) is 0.381. The molecule has 1 aliphatic rings. The lowest BCUT2D eigenvalue weighted by molar-refractivity contribution is 0.0953. The molecular formula is C21H27N3O. The summed E-state index contributed by atoms with van der Waals surface area (Å²) in [5, 5.41) is 2.93. The summed E-state index contributed by atoms with van der Waals surface area (Å²) in [5.41, 5.74) is 9.01. The van der Waals surface area contributed by atoms with Gasteiger partial charge in [-0.3, -0.25) is 9.69 Å². The van der Waals surface area contributed by atoms with E-state index in [0.717, 1.165) is 12.2 Å². The van der Waals surface area contributed by atoms with E-state index in [1.54, 1.807) is 24.3 Å². The summed E-state index contributed by atoms with van der Waals surface area (Å²) in [7, 11) is 0. The molecular weight excluding hydrogens is 310 g/mol. The first-order chi connectivity index (χ1) is 12.0. The van der Waals surface area contributed by atoms with Gasteiger partial charge in [0.15, 0.2) is 0 Å². The van der Waals surface area contributed by atoms with Gasteiger partial charge in [0.25, 0.3) is 5.91 Å². The number of benzene rings is 2. The molecule has 132 valence electrons. The molecule has 4 heteroatoms. The van der Waals surface area contributed by atoms with E-state index in [-0.39, 0.29) is 5.91 Å². The van der Waals surface area contributed by atoms with Crippen molar-refractivity contribution in [2.45, 2.75) is 51.7 Å². The number of piperidine rings is 1. The molecule has 2 aromatic rings. The van der Waals surface area contributed by atoms with E-state index in [0.29, 0.717) is 23.3 Å². The van der Waals surface area contributed by atoms with Crippen LogP contribution in [0.5, 0.6) is 0 Å². The van der Waals surface area contributed by atoms with E-state index in [1.807, 2.05) is 12.1 Å². The van der Waals surface area contributed by atoms with Gasteiger partial charge in [0.05, 0.1) is 0 Å². The highest BCUT2D eigenvalue weighted by Crippen LogP contribution is 2.25. The lowest BCUT2D eigenvalue weighted by Crippen LogP contribution is -2.42. The van der Waals surface area contributed by atoms with Crippen LogP contribution in [0, 0.1) is 0 Å². The first-order valence-corrected chi connectivity index (χ1v) is 9.04. The van der Waals surface area contributed by atoms with Crippen molar-refractivity contribution < 1.29 is 4.79 Å². The monoisotopic (exact) mass is 337 g/mol. The second kappa shape index (κ2) is 7.70. The van der Waals surface area contributed by atoms with Crippen molar-refractivity contribution in [3.63, 3.8) is 0 Å². The van der Waals surface area contributed by atoms with Gasteiger partial charge in [-0.25, -0.2) is 0 Å². The van der Waals surface area contributed by atoms with E-state index in [1.165, 1.54) is 24.8 Å². The Bertz CT molecular complexity index is 699. The fourth-order valence-corrected chi connectivity index (χ4v) is 3.53. The second-order valence-electron chi connectivity index (χ2n) is 7.07. The second-order valence-corrected chi connectivity index (χ2v) is 7.07. The summed E-state index contributed by atoms with van der Waals surface area (Å²) in [6, 6.07) is 16.4. The number of amides is 1. The molecule has 0 radical (unpaired) electrons. The maximum Gasteiger partial charge on any atom is 0.255 e. The van der Waals surface area contributed by atoms with Crippen molar-refractivity contribution in [2.75, 3.05) is 11.1 Å². The summed E-state index contributed by atoms with van der Waals surface area (Å²) in [6.45, 7) is 5.60. The first kappa shape index (κ1) is 17.5. The number of hydrogen-bond acceptors (Lipinski definition) is 3. The van der Waals surface area contributed by atoms with E-state index >= 15 is 0 Å². The molecule has 1 heterocycles. The summed E-state index contributed by atoms with van der Waals surface area (Å²) in [4.78, 5) is 14.8. The summed E-state index contributed by atoms with van der Waals surface area (Å²) in [5.74, 6) is -0.119. The summed E-state index contributed by atoms with van der Waals surface area (Å²) < 4.78 is 0. The molecule has 1 saturated heterocycles. The van der Waals surface area contributed by atoms with Crippen molar-refractivity contribution in [3.05, 3.63) is 59.7 Å². The minimum atomic E-state index is -0.119. The number of nitrogen functional groups attached to an aromatic ring is 1. The Morgan fingerprint density at radius 1 is 1.04 bits per heavy atom. The first-order valence-electron chi connectivity index (χ1n) is 9.04. The highest BCUT2D eigenvalue weighted by atomic mass is 16.1. The predicted molar refractivity (Wildman–Crippen MR) is 104 cm³/mol. The molecule has 0 aromatic heterocycles. The zero-order valence-electron chi connectivity index (χ0n) is 15.0. The molecule has 2 atom stereocenters. The highest BCUT2D eigenvalue weighted by molar-refractivity contribution is 6.04. The summed E-state index contributed by atoms with van der Waals surface area (Å²) in [6.07, 6.45) is 3.88. The number of carbonyl (C=O) groups excluding carboxylic acids is 1. The molecule has 4 nitrogen and oxygen atoms in total. The van der Waals surface area contributed by atoms with Crippen molar-refractivity contribution in [1.82, 2.24) is 4.90 Å². The van der Waals surface area contributed by atoms with Crippen LogP contribution in [0.25, 0.3) is 0 Å². The van der Waals surface area contributed by atoms with Crippen molar-refractivity contribution in [3.8, 4) is 0 Å². The molecule has 1 amide bonds. The molecule has 2 aromatic carbocycles. The molecule has 25 heavy (non-hydrogen) atoms. The average molecular weight is 337 g/mol. The smallest absolute Gasteiger partial charge is 0.255 e. The maximum absolute atomic E-state index is 12.3. The van der Waals surface area contributed by atoms with Crippen LogP contribution in [-0.2, 0) is 6.54 Å². The largest absolute Gasteiger partial charge is 0.399 e. The number of hydrogen-bond donors (Lipinski definition) is 2. The van der Waals surface area contributed by atoms with Crippen molar-refractivity contribution in [1.29, 1.82) is 0 Å². The third-order valence-corrected chi connectivity index (χ3v) is 5.13. The third kappa shape index (κ3) is 4.40.